The Kier molecular flexibility index (Phi) is 37.6. The quantitative estimate of drug-likeness (QED) is 0.0428. The summed E-state index contributed by atoms with van der Waals surface area (Å²) in [5, 5.41) is 1.19. The first-order valence-electron chi connectivity index (χ1n) is 27.8. The van der Waals surface area contributed by atoms with Gasteiger partial charge in [0.15, 0.2) is 6.29 Å². The molecule has 61 radical (unpaired) electrons. The largest absolute Gasteiger partial charge is 0.492 e. The number of nitrogens with zero attached hydrogens (tertiary/aromatic N) is 1. The lowest BCUT2D eigenvalue weighted by atomic mass is 8.23. The van der Waals surface area contributed by atoms with Crippen LogP contribution in [0.25, 0.3) is 0 Å². The van der Waals surface area contributed by atoms with Crippen molar-refractivity contribution < 1.29 is 23.9 Å². The van der Waals surface area contributed by atoms with Gasteiger partial charge < -0.3 is 9.47 Å². The molecule has 85 heavy (non-hydrogen) atoms. The molecule has 0 atom stereocenters. The number of benzene rings is 2. The zero-order valence-electron chi connectivity index (χ0n) is 48.9. The predicted molar refractivity (Wildman–Crippen MR) is 435 cm³/mol. The summed E-state index contributed by atoms with van der Waals surface area (Å²) >= 11 is 0. The van der Waals surface area contributed by atoms with E-state index in [0.717, 1.165) is 43.1 Å². The highest BCUT2D eigenvalue weighted by Crippen LogP contribution is 2.31. The first kappa shape index (κ1) is 82.1. The number of fused-ring (bicyclic) bond motifs is 2. The third kappa shape index (κ3) is 22.0. The fourth-order valence-electron chi connectivity index (χ4n) is 13.1. The maximum Gasteiger partial charge on any atom is 0.280 e. The van der Waals surface area contributed by atoms with Crippen LogP contribution in [-0.2, 0) is 17.7 Å². The van der Waals surface area contributed by atoms with Crippen molar-refractivity contribution in [2.24, 2.45) is 0 Å². The molecule has 65 heteroatoms. The minimum Gasteiger partial charge on any atom is -0.492 e. The number of para-hydroxylation sites is 2. The van der Waals surface area contributed by atoms with Gasteiger partial charge in [-0.1, -0.05) is 24.3 Å². The van der Waals surface area contributed by atoms with Gasteiger partial charge in [0.25, 0.3) is 5.91 Å². The molecule has 0 saturated carbocycles. The Morgan fingerprint density at radius 2 is 0.682 bits per heavy atom. The van der Waals surface area contributed by atoms with Crippen LogP contribution in [0.2, 0.25) is 0 Å². The molecule has 0 spiro atoms. The van der Waals surface area contributed by atoms with Crippen molar-refractivity contribution in [3.8, 4) is 11.5 Å². The number of rotatable bonds is 31. The number of hydrogen-bond donors (Lipinski definition) is 0. The summed E-state index contributed by atoms with van der Waals surface area (Å²) in [6.07, 6.45) is -36.4. The van der Waals surface area contributed by atoms with E-state index in [1.54, 1.807) is 19.2 Å². The Morgan fingerprint density at radius 3 is 0.965 bits per heavy atom. The molecule has 1 amide bonds. The zero-order valence-corrected chi connectivity index (χ0v) is 48.9. The second kappa shape index (κ2) is 39.0. The van der Waals surface area contributed by atoms with E-state index in [1.807, 2.05) is 24.3 Å². The van der Waals surface area contributed by atoms with Crippen LogP contribution in [-0.4, -0.2) is 463 Å². The standard InChI is InChI=1S/C11H13NO3.C9H8O2.B59/c1-12(14-2)11(13)9-5-3-4-8-6-7-15-10(8)9;10-6-8-3-1-2-7-4-5-11-9(7)8;1-31-46(30)54(47(32(2)3)33(4)5)58(55(48(34(6)7)35(8)9)49(36(10)11)37(12)13)59(56(50(38(14)15)39(16)17)51(40(18)19)41(20)21)57(52(42(22)23)43(24)25)53(44(26)27)45(28)29/h3-5H,6-7H2,1-2H3;1-3,6H,4-5H2;. The van der Waals surface area contributed by atoms with Crippen molar-refractivity contribution in [3.05, 3.63) is 58.7 Å². The summed E-state index contributed by atoms with van der Waals surface area (Å²) in [6, 6.07) is 11.3. The molecule has 2 aromatic rings. The summed E-state index contributed by atoms with van der Waals surface area (Å²) in [5.74, 6) is 1.30. The van der Waals surface area contributed by atoms with Crippen LogP contribution < -0.4 is 9.47 Å². The molecular formula is C20H21B59NO5. The Bertz CT molecular complexity index is 2100. The smallest absolute Gasteiger partial charge is 0.280 e. The van der Waals surface area contributed by atoms with E-state index in [-0.39, 0.29) is 5.91 Å². The van der Waals surface area contributed by atoms with Crippen LogP contribution in [0.15, 0.2) is 36.4 Å². The molecule has 4 rings (SSSR count). The fraction of sp³-hybridized carbons (Fsp3) is 0.300. The number of amides is 1. The van der Waals surface area contributed by atoms with Gasteiger partial charge in [0, 0.05) is 438 Å². The van der Waals surface area contributed by atoms with Gasteiger partial charge >= 0.3 is 0 Å². The average Bonchev–Trinajstić information content (AvgIpc) is 2.33. The summed E-state index contributed by atoms with van der Waals surface area (Å²) in [5.41, 5.74) is 3.47. The molecular weight excluding hydrogens is 972 g/mol. The van der Waals surface area contributed by atoms with E-state index in [2.05, 4.69) is 0 Å². The van der Waals surface area contributed by atoms with Crippen molar-refractivity contribution in [3.63, 3.8) is 0 Å². The summed E-state index contributed by atoms with van der Waals surface area (Å²) in [7, 11) is 201. The van der Waals surface area contributed by atoms with Crippen LogP contribution in [0.1, 0.15) is 31.8 Å². The second-order valence-corrected chi connectivity index (χ2v) is 22.3. The molecule has 0 saturated heterocycles. The first-order valence-corrected chi connectivity index (χ1v) is 27.8. The van der Waals surface area contributed by atoms with Gasteiger partial charge in [-0.25, -0.2) is 5.06 Å². The highest BCUT2D eigenvalue weighted by Gasteiger charge is 2.62. The van der Waals surface area contributed by atoms with Crippen LogP contribution in [0.4, 0.5) is 0 Å². The summed E-state index contributed by atoms with van der Waals surface area (Å²) in [6.45, 7) is 1.36. The van der Waals surface area contributed by atoms with Crippen molar-refractivity contribution in [1.29, 1.82) is 0 Å². The van der Waals surface area contributed by atoms with Crippen LogP contribution in [0.5, 0.6) is 11.5 Å². The van der Waals surface area contributed by atoms with Crippen molar-refractivity contribution in [1.82, 2.24) is 5.06 Å². The molecule has 0 aromatic heterocycles. The molecule has 2 aliphatic heterocycles. The van der Waals surface area contributed by atoms with Crippen molar-refractivity contribution in [2.75, 3.05) is 27.4 Å². The van der Waals surface area contributed by atoms with Gasteiger partial charge in [0.1, 0.15) is 11.5 Å². The monoisotopic (exact) mass is 1000 g/mol. The fourth-order valence-corrected chi connectivity index (χ4v) is 13.1. The lowest BCUT2D eigenvalue weighted by Crippen LogP contribution is -2.97. The van der Waals surface area contributed by atoms with Gasteiger partial charge in [-0.15, -0.1) is 0 Å². The number of carbonyl (C=O) groups is 2. The van der Waals surface area contributed by atoms with Crippen LogP contribution in [0.3, 0.4) is 0 Å². The Hall–Kier alpha value is 0.971. The SMILES string of the molecule is CON(C)C(=O)c1cccc2c1OCC2.O=Cc1cccc2c1OCC2.[B][B]B([B])B(B(B([B])[B])B([B])[B])B(B(B(B([B])[B])B([B])[B])B(B([B])[B])B([B])[B])B(B(B(B([B])[B])B([B])[B])B(B([B])[B])B([B])[B])B(B(B([B])[B])B([B])[B])B(B([B])[B])B([B])[B]. The molecule has 0 bridgehead atoms. The predicted octanol–water partition coefficient (Wildman–Crippen LogP) is -19.8. The molecule has 0 N–H and O–H groups in total. The van der Waals surface area contributed by atoms with Crippen molar-refractivity contribution in [2.45, 2.75) is 12.8 Å². The maximum absolute atomic E-state index is 11.9. The molecule has 313 valence electrons. The number of ether oxygens (including phenoxy) is 2. The van der Waals surface area contributed by atoms with E-state index in [4.69, 9.17) is 246 Å². The van der Waals surface area contributed by atoms with Gasteiger partial charge in [-0.2, -0.15) is 0 Å². The topological polar surface area (TPSA) is 65.1 Å². The van der Waals surface area contributed by atoms with Gasteiger partial charge in [0.2, 0.25) is 0 Å². The van der Waals surface area contributed by atoms with Gasteiger partial charge in [-0.3, -0.25) is 14.4 Å². The van der Waals surface area contributed by atoms with Gasteiger partial charge in [0.05, 0.1) is 31.5 Å². The molecule has 0 fully saturated rings. The third-order valence-electron chi connectivity index (χ3n) is 16.6. The second-order valence-electron chi connectivity index (χ2n) is 22.3. The molecule has 0 aliphatic carbocycles. The average molecular weight is 993 g/mol. The summed E-state index contributed by atoms with van der Waals surface area (Å²) < 4.78 is 10.7. The highest BCUT2D eigenvalue weighted by molar-refractivity contribution is 8.37. The number of hydroxylamine groups is 2. The lowest BCUT2D eigenvalue weighted by molar-refractivity contribution is -0.0758. The normalized spacial score (nSPS) is 10.8. The molecule has 2 aliphatic rings. The van der Waals surface area contributed by atoms with Crippen molar-refractivity contribution >= 4 is 430 Å². The number of carbonyl (C=O) groups excluding carboxylic acids is 2. The molecule has 2 heterocycles. The van der Waals surface area contributed by atoms with E-state index < -0.39 is 179 Å². The summed E-state index contributed by atoms with van der Waals surface area (Å²) in [4.78, 5) is 27.2. The maximum atomic E-state index is 11.9. The third-order valence-corrected chi connectivity index (χ3v) is 16.6. The van der Waals surface area contributed by atoms with E-state index >= 15 is 0 Å². The Labute approximate surface area is 564 Å². The first-order chi connectivity index (χ1) is 39.5. The van der Waals surface area contributed by atoms with E-state index in [9.17, 15) is 9.59 Å². The minimum absolute atomic E-state index is 0.184. The van der Waals surface area contributed by atoms with Crippen LogP contribution in [0, 0.1) is 0 Å². The van der Waals surface area contributed by atoms with E-state index in [0.29, 0.717) is 30.1 Å². The minimum atomic E-state index is -1.47. The number of aldehydes is 1. The molecule has 0 unspecified atom stereocenters. The van der Waals surface area contributed by atoms with Crippen LogP contribution >= 0.6 is 0 Å². The Morgan fingerprint density at radius 1 is 0.424 bits per heavy atom. The molecule has 2 aromatic carbocycles. The van der Waals surface area contributed by atoms with E-state index in [1.165, 1.54) is 12.2 Å². The lowest BCUT2D eigenvalue weighted by Gasteiger charge is -2.58. The van der Waals surface area contributed by atoms with Gasteiger partial charge in [-0.05, 0) is 23.3 Å². The molecule has 6 nitrogen and oxygen atoms in total. The Balaban J connectivity index is 0.000000751. The highest BCUT2D eigenvalue weighted by atomic mass is 16.7. The zero-order chi connectivity index (χ0) is 65.4. The number of hydrogen-bond acceptors (Lipinski definition) is 5.